The lowest BCUT2D eigenvalue weighted by Gasteiger charge is -2.18. The zero-order valence-electron chi connectivity index (χ0n) is 8.38. The van der Waals surface area contributed by atoms with Gasteiger partial charge in [-0.3, -0.25) is 0 Å². The van der Waals surface area contributed by atoms with Gasteiger partial charge in [-0.25, -0.2) is 0 Å². The van der Waals surface area contributed by atoms with Gasteiger partial charge in [-0.2, -0.15) is 0 Å². The summed E-state index contributed by atoms with van der Waals surface area (Å²) in [4.78, 5) is 0. The van der Waals surface area contributed by atoms with E-state index in [1.54, 1.807) is 0 Å². The Morgan fingerprint density at radius 2 is 1.85 bits per heavy atom. The van der Waals surface area contributed by atoms with Crippen molar-refractivity contribution < 1.29 is 0 Å². The standard InChI is InChI=1S/C12H17N/c1-4-10-5-7-11(8-6-10)9-12(2,3)13/h4-8H,1,9,13H2,2-3H3. The Hall–Kier alpha value is -1.08. The van der Waals surface area contributed by atoms with E-state index < -0.39 is 0 Å². The number of rotatable bonds is 3. The first-order chi connectivity index (χ1) is 6.01. The summed E-state index contributed by atoms with van der Waals surface area (Å²) in [6.07, 6.45) is 2.75. The van der Waals surface area contributed by atoms with Crippen LogP contribution in [0.3, 0.4) is 0 Å². The minimum atomic E-state index is -0.129. The highest BCUT2D eigenvalue weighted by Crippen LogP contribution is 2.11. The molecule has 0 atom stereocenters. The summed E-state index contributed by atoms with van der Waals surface area (Å²) in [5, 5.41) is 0. The van der Waals surface area contributed by atoms with Crippen LogP contribution in [0, 0.1) is 0 Å². The van der Waals surface area contributed by atoms with Gasteiger partial charge in [-0.15, -0.1) is 0 Å². The monoisotopic (exact) mass is 175 g/mol. The summed E-state index contributed by atoms with van der Waals surface area (Å²) in [5.74, 6) is 0. The SMILES string of the molecule is C=Cc1ccc(CC(C)(C)N)cc1. The van der Waals surface area contributed by atoms with Gasteiger partial charge in [0.15, 0.2) is 0 Å². The predicted molar refractivity (Wildman–Crippen MR) is 58.5 cm³/mol. The van der Waals surface area contributed by atoms with Crippen molar-refractivity contribution in [1.29, 1.82) is 0 Å². The van der Waals surface area contributed by atoms with Gasteiger partial charge in [0.05, 0.1) is 0 Å². The quantitative estimate of drug-likeness (QED) is 0.750. The molecule has 1 rings (SSSR count). The fourth-order valence-electron chi connectivity index (χ4n) is 1.30. The zero-order valence-corrected chi connectivity index (χ0v) is 8.38. The molecule has 0 unspecified atom stereocenters. The molecule has 0 amide bonds. The fourth-order valence-corrected chi connectivity index (χ4v) is 1.30. The maximum atomic E-state index is 5.92. The summed E-state index contributed by atoms with van der Waals surface area (Å²) in [7, 11) is 0. The molecule has 0 radical (unpaired) electrons. The van der Waals surface area contributed by atoms with Gasteiger partial charge in [-0.05, 0) is 31.4 Å². The van der Waals surface area contributed by atoms with E-state index in [-0.39, 0.29) is 5.54 Å². The molecular formula is C12H17N. The van der Waals surface area contributed by atoms with Crippen molar-refractivity contribution in [2.45, 2.75) is 25.8 Å². The summed E-state index contributed by atoms with van der Waals surface area (Å²) in [5.41, 5.74) is 8.22. The van der Waals surface area contributed by atoms with Gasteiger partial charge in [-0.1, -0.05) is 36.9 Å². The summed E-state index contributed by atoms with van der Waals surface area (Å²) >= 11 is 0. The van der Waals surface area contributed by atoms with Gasteiger partial charge in [0.2, 0.25) is 0 Å². The van der Waals surface area contributed by atoms with Crippen molar-refractivity contribution in [3.8, 4) is 0 Å². The minimum absolute atomic E-state index is 0.129. The predicted octanol–water partition coefficient (Wildman–Crippen LogP) is 2.61. The molecule has 0 aromatic heterocycles. The summed E-state index contributed by atoms with van der Waals surface area (Å²) in [6.45, 7) is 7.78. The van der Waals surface area contributed by atoms with E-state index in [0.717, 1.165) is 12.0 Å². The molecule has 0 aliphatic heterocycles. The highest BCUT2D eigenvalue weighted by Gasteiger charge is 2.10. The van der Waals surface area contributed by atoms with E-state index in [9.17, 15) is 0 Å². The molecule has 0 saturated heterocycles. The molecule has 1 aromatic carbocycles. The van der Waals surface area contributed by atoms with Crippen molar-refractivity contribution in [1.82, 2.24) is 0 Å². The number of benzene rings is 1. The van der Waals surface area contributed by atoms with Gasteiger partial charge in [0.25, 0.3) is 0 Å². The van der Waals surface area contributed by atoms with Crippen LogP contribution in [0.25, 0.3) is 6.08 Å². The van der Waals surface area contributed by atoms with Crippen molar-refractivity contribution in [2.24, 2.45) is 5.73 Å². The maximum absolute atomic E-state index is 5.92. The third kappa shape index (κ3) is 3.43. The van der Waals surface area contributed by atoms with Crippen LogP contribution < -0.4 is 5.73 Å². The Balaban J connectivity index is 2.75. The largest absolute Gasteiger partial charge is 0.325 e. The van der Waals surface area contributed by atoms with Gasteiger partial charge >= 0.3 is 0 Å². The Morgan fingerprint density at radius 3 is 2.23 bits per heavy atom. The van der Waals surface area contributed by atoms with E-state index in [1.165, 1.54) is 5.56 Å². The van der Waals surface area contributed by atoms with Crippen LogP contribution in [-0.4, -0.2) is 5.54 Å². The molecule has 0 bridgehead atoms. The van der Waals surface area contributed by atoms with Crippen LogP contribution in [-0.2, 0) is 6.42 Å². The molecule has 0 heterocycles. The molecule has 70 valence electrons. The number of hydrogen-bond acceptors (Lipinski definition) is 1. The smallest absolute Gasteiger partial charge is 0.0138 e. The summed E-state index contributed by atoms with van der Waals surface area (Å²) in [6, 6.07) is 8.33. The maximum Gasteiger partial charge on any atom is 0.0138 e. The Kier molecular flexibility index (Phi) is 2.89. The van der Waals surface area contributed by atoms with Crippen molar-refractivity contribution in [3.05, 3.63) is 42.0 Å². The second-order valence-corrected chi connectivity index (χ2v) is 4.11. The molecule has 2 N–H and O–H groups in total. The van der Waals surface area contributed by atoms with Crippen LogP contribution >= 0.6 is 0 Å². The summed E-state index contributed by atoms with van der Waals surface area (Å²) < 4.78 is 0. The van der Waals surface area contributed by atoms with Gasteiger partial charge in [0, 0.05) is 5.54 Å². The molecule has 13 heavy (non-hydrogen) atoms. The van der Waals surface area contributed by atoms with E-state index in [0.29, 0.717) is 0 Å². The average molecular weight is 175 g/mol. The highest BCUT2D eigenvalue weighted by molar-refractivity contribution is 5.47. The minimum Gasteiger partial charge on any atom is -0.325 e. The molecule has 0 fully saturated rings. The number of hydrogen-bond donors (Lipinski definition) is 1. The normalized spacial score (nSPS) is 11.3. The third-order valence-electron chi connectivity index (χ3n) is 1.88. The zero-order chi connectivity index (χ0) is 9.90. The molecule has 0 saturated carbocycles. The van der Waals surface area contributed by atoms with Crippen LogP contribution in [0.15, 0.2) is 30.8 Å². The molecular weight excluding hydrogens is 158 g/mol. The lowest BCUT2D eigenvalue weighted by atomic mass is 9.96. The van der Waals surface area contributed by atoms with E-state index in [2.05, 4.69) is 30.8 Å². The second kappa shape index (κ2) is 3.75. The highest BCUT2D eigenvalue weighted by atomic mass is 14.7. The molecule has 1 aromatic rings. The molecule has 0 aliphatic carbocycles. The van der Waals surface area contributed by atoms with Crippen LogP contribution in [0.1, 0.15) is 25.0 Å². The Morgan fingerprint density at radius 1 is 1.31 bits per heavy atom. The van der Waals surface area contributed by atoms with Crippen LogP contribution in [0.4, 0.5) is 0 Å². The van der Waals surface area contributed by atoms with Gasteiger partial charge < -0.3 is 5.73 Å². The fraction of sp³-hybridized carbons (Fsp3) is 0.333. The van der Waals surface area contributed by atoms with E-state index in [4.69, 9.17) is 5.73 Å². The second-order valence-electron chi connectivity index (χ2n) is 4.11. The Labute approximate surface area is 80.3 Å². The van der Waals surface area contributed by atoms with Crippen molar-refractivity contribution in [3.63, 3.8) is 0 Å². The first-order valence-corrected chi connectivity index (χ1v) is 4.51. The third-order valence-corrected chi connectivity index (χ3v) is 1.88. The first-order valence-electron chi connectivity index (χ1n) is 4.51. The van der Waals surface area contributed by atoms with Crippen molar-refractivity contribution >= 4 is 6.08 Å². The van der Waals surface area contributed by atoms with E-state index >= 15 is 0 Å². The first kappa shape index (κ1) is 10.0. The lowest BCUT2D eigenvalue weighted by molar-refractivity contribution is 0.517. The van der Waals surface area contributed by atoms with Crippen LogP contribution in [0.2, 0.25) is 0 Å². The van der Waals surface area contributed by atoms with E-state index in [1.807, 2.05) is 19.9 Å². The molecule has 0 aliphatic rings. The molecule has 0 spiro atoms. The van der Waals surface area contributed by atoms with Crippen LogP contribution in [0.5, 0.6) is 0 Å². The van der Waals surface area contributed by atoms with Gasteiger partial charge in [0.1, 0.15) is 0 Å². The Bertz CT molecular complexity index is 277. The number of nitrogens with two attached hydrogens (primary N) is 1. The van der Waals surface area contributed by atoms with Crippen molar-refractivity contribution in [2.75, 3.05) is 0 Å². The molecule has 1 heteroatoms. The lowest BCUT2D eigenvalue weighted by Crippen LogP contribution is -2.34. The molecule has 1 nitrogen and oxygen atoms in total. The average Bonchev–Trinajstić information content (AvgIpc) is 2.03. The topological polar surface area (TPSA) is 26.0 Å².